The molecule has 0 aliphatic carbocycles. The minimum absolute atomic E-state index is 0.375. The fourth-order valence-corrected chi connectivity index (χ4v) is 1.58. The van der Waals surface area contributed by atoms with Gasteiger partial charge in [-0.1, -0.05) is 0 Å². The van der Waals surface area contributed by atoms with E-state index in [0.29, 0.717) is 28.3 Å². The number of alkyl halides is 1. The van der Waals surface area contributed by atoms with Gasteiger partial charge in [-0.15, -0.1) is 11.6 Å². The molecule has 3 nitrogen and oxygen atoms in total. The molecule has 0 saturated carbocycles. The Bertz CT molecular complexity index is 355. The number of benzene rings is 1. The molecule has 0 aliphatic rings. The van der Waals surface area contributed by atoms with Crippen LogP contribution in [-0.4, -0.2) is 25.6 Å². The molecule has 82 valence electrons. The molecule has 0 amide bonds. The summed E-state index contributed by atoms with van der Waals surface area (Å²) in [5.41, 5.74) is 0.475. The molecule has 0 fully saturated rings. The van der Waals surface area contributed by atoms with Gasteiger partial charge in [0.05, 0.1) is 23.0 Å². The van der Waals surface area contributed by atoms with Gasteiger partial charge < -0.3 is 9.47 Å². The van der Waals surface area contributed by atoms with Gasteiger partial charge in [0.25, 0.3) is 0 Å². The van der Waals surface area contributed by atoms with E-state index in [2.05, 4.69) is 20.7 Å². The Morgan fingerprint density at radius 3 is 2.80 bits per heavy atom. The highest BCUT2D eigenvalue weighted by Crippen LogP contribution is 2.26. The Morgan fingerprint density at radius 2 is 2.27 bits per heavy atom. The first-order valence-corrected chi connectivity index (χ1v) is 5.58. The second kappa shape index (κ2) is 5.98. The molecule has 15 heavy (non-hydrogen) atoms. The molecule has 1 aromatic rings. The average Bonchev–Trinajstić information content (AvgIpc) is 2.26. The van der Waals surface area contributed by atoms with E-state index in [9.17, 15) is 4.79 Å². The van der Waals surface area contributed by atoms with E-state index in [1.54, 1.807) is 18.2 Å². The minimum Gasteiger partial charge on any atom is -0.491 e. The Kier molecular flexibility index (Phi) is 4.91. The van der Waals surface area contributed by atoms with Gasteiger partial charge in [-0.2, -0.15) is 0 Å². The van der Waals surface area contributed by atoms with Crippen molar-refractivity contribution in [1.29, 1.82) is 0 Å². The number of ether oxygens (including phenoxy) is 2. The summed E-state index contributed by atoms with van der Waals surface area (Å²) < 4.78 is 10.6. The van der Waals surface area contributed by atoms with Crippen molar-refractivity contribution in [3.05, 3.63) is 28.2 Å². The maximum atomic E-state index is 11.2. The second-order valence-corrected chi connectivity index (χ2v) is 3.91. The molecular weight excluding hydrogens is 283 g/mol. The van der Waals surface area contributed by atoms with Crippen molar-refractivity contribution in [3.8, 4) is 5.75 Å². The van der Waals surface area contributed by atoms with E-state index in [4.69, 9.17) is 16.3 Å². The molecule has 0 N–H and O–H groups in total. The quantitative estimate of drug-likeness (QED) is 0.632. The fraction of sp³-hybridized carbons (Fsp3) is 0.300. The summed E-state index contributed by atoms with van der Waals surface area (Å²) in [4.78, 5) is 11.2. The standard InChI is InChI=1S/C10H10BrClO3/c1-14-10(13)7-2-3-9(8(11)6-7)15-5-4-12/h2-3,6H,4-5H2,1H3. The van der Waals surface area contributed by atoms with Gasteiger partial charge in [0.1, 0.15) is 12.4 Å². The third-order valence-corrected chi connectivity index (χ3v) is 2.46. The van der Waals surface area contributed by atoms with Crippen LogP contribution in [0.2, 0.25) is 0 Å². The van der Waals surface area contributed by atoms with E-state index in [1.807, 2.05) is 0 Å². The molecule has 0 unspecified atom stereocenters. The van der Waals surface area contributed by atoms with Crippen molar-refractivity contribution >= 4 is 33.5 Å². The van der Waals surface area contributed by atoms with E-state index in [0.717, 1.165) is 0 Å². The number of carbonyl (C=O) groups is 1. The van der Waals surface area contributed by atoms with Gasteiger partial charge in [-0.25, -0.2) is 4.79 Å². The van der Waals surface area contributed by atoms with Crippen LogP contribution in [0.5, 0.6) is 5.75 Å². The summed E-state index contributed by atoms with van der Waals surface area (Å²) in [6.07, 6.45) is 0. The Hall–Kier alpha value is -0.740. The summed E-state index contributed by atoms with van der Waals surface area (Å²) in [6, 6.07) is 4.98. The molecule has 0 bridgehead atoms. The van der Waals surface area contributed by atoms with Gasteiger partial charge >= 0.3 is 5.97 Å². The summed E-state index contributed by atoms with van der Waals surface area (Å²) in [5, 5.41) is 0. The van der Waals surface area contributed by atoms with Crippen LogP contribution in [0.15, 0.2) is 22.7 Å². The zero-order chi connectivity index (χ0) is 11.3. The first-order chi connectivity index (χ1) is 7.19. The van der Waals surface area contributed by atoms with E-state index >= 15 is 0 Å². The molecule has 0 aliphatic heterocycles. The van der Waals surface area contributed by atoms with Crippen molar-refractivity contribution < 1.29 is 14.3 Å². The first-order valence-electron chi connectivity index (χ1n) is 4.25. The van der Waals surface area contributed by atoms with Crippen molar-refractivity contribution in [1.82, 2.24) is 0 Å². The maximum absolute atomic E-state index is 11.2. The number of rotatable bonds is 4. The first kappa shape index (κ1) is 12.3. The van der Waals surface area contributed by atoms with Crippen molar-refractivity contribution in [2.24, 2.45) is 0 Å². The van der Waals surface area contributed by atoms with Crippen molar-refractivity contribution in [3.63, 3.8) is 0 Å². The lowest BCUT2D eigenvalue weighted by molar-refractivity contribution is 0.0600. The number of methoxy groups -OCH3 is 1. The second-order valence-electron chi connectivity index (χ2n) is 2.67. The molecule has 1 aromatic carbocycles. The molecular formula is C10H10BrClO3. The molecule has 0 radical (unpaired) electrons. The van der Waals surface area contributed by atoms with E-state index in [1.165, 1.54) is 7.11 Å². The molecule has 0 aromatic heterocycles. The van der Waals surface area contributed by atoms with Crippen LogP contribution in [0.4, 0.5) is 0 Å². The SMILES string of the molecule is COC(=O)c1ccc(OCCCl)c(Br)c1. The van der Waals surface area contributed by atoms with Crippen LogP contribution in [0, 0.1) is 0 Å². The monoisotopic (exact) mass is 292 g/mol. The third-order valence-electron chi connectivity index (χ3n) is 1.69. The van der Waals surface area contributed by atoms with E-state index < -0.39 is 0 Å². The molecule has 0 saturated heterocycles. The van der Waals surface area contributed by atoms with Crippen LogP contribution in [0.1, 0.15) is 10.4 Å². The van der Waals surface area contributed by atoms with Crippen LogP contribution in [0.25, 0.3) is 0 Å². The largest absolute Gasteiger partial charge is 0.491 e. The predicted octanol–water partition coefficient (Wildman–Crippen LogP) is 2.85. The Morgan fingerprint density at radius 1 is 1.53 bits per heavy atom. The van der Waals surface area contributed by atoms with Gasteiger partial charge in [-0.3, -0.25) is 0 Å². The molecule has 1 rings (SSSR count). The van der Waals surface area contributed by atoms with Crippen molar-refractivity contribution in [2.75, 3.05) is 19.6 Å². The molecule has 0 heterocycles. The van der Waals surface area contributed by atoms with Crippen LogP contribution >= 0.6 is 27.5 Å². The molecule has 0 atom stereocenters. The average molecular weight is 294 g/mol. The van der Waals surface area contributed by atoms with Gasteiger partial charge in [0.15, 0.2) is 0 Å². The highest BCUT2D eigenvalue weighted by Gasteiger charge is 2.08. The Balaban J connectivity index is 2.83. The fourth-order valence-electron chi connectivity index (χ4n) is 1.01. The zero-order valence-electron chi connectivity index (χ0n) is 8.13. The lowest BCUT2D eigenvalue weighted by atomic mass is 10.2. The number of halogens is 2. The number of hydrogen-bond donors (Lipinski definition) is 0. The zero-order valence-corrected chi connectivity index (χ0v) is 10.5. The topological polar surface area (TPSA) is 35.5 Å². The third kappa shape index (κ3) is 3.39. The number of carbonyl (C=O) groups excluding carboxylic acids is 1. The Labute approximate surface area is 101 Å². The highest BCUT2D eigenvalue weighted by atomic mass is 79.9. The van der Waals surface area contributed by atoms with Gasteiger partial charge in [0, 0.05) is 0 Å². The molecule has 5 heteroatoms. The summed E-state index contributed by atoms with van der Waals surface area (Å²) in [7, 11) is 1.34. The van der Waals surface area contributed by atoms with Crippen LogP contribution < -0.4 is 4.74 Å². The van der Waals surface area contributed by atoms with Crippen LogP contribution in [0.3, 0.4) is 0 Å². The minimum atomic E-state index is -0.375. The predicted molar refractivity (Wildman–Crippen MR) is 61.7 cm³/mol. The summed E-state index contributed by atoms with van der Waals surface area (Å²) >= 11 is 8.79. The number of esters is 1. The lowest BCUT2D eigenvalue weighted by Crippen LogP contribution is -2.03. The summed E-state index contributed by atoms with van der Waals surface area (Å²) in [6.45, 7) is 0.428. The maximum Gasteiger partial charge on any atom is 0.337 e. The van der Waals surface area contributed by atoms with Crippen LogP contribution in [-0.2, 0) is 4.74 Å². The van der Waals surface area contributed by atoms with Gasteiger partial charge in [0.2, 0.25) is 0 Å². The molecule has 0 spiro atoms. The lowest BCUT2D eigenvalue weighted by Gasteiger charge is -2.07. The number of hydrogen-bond acceptors (Lipinski definition) is 3. The highest BCUT2D eigenvalue weighted by molar-refractivity contribution is 9.10. The van der Waals surface area contributed by atoms with E-state index in [-0.39, 0.29) is 5.97 Å². The summed E-state index contributed by atoms with van der Waals surface area (Å²) in [5.74, 6) is 0.702. The van der Waals surface area contributed by atoms with Crippen molar-refractivity contribution in [2.45, 2.75) is 0 Å². The smallest absolute Gasteiger partial charge is 0.337 e. The van der Waals surface area contributed by atoms with Gasteiger partial charge in [-0.05, 0) is 34.1 Å². The normalized spacial score (nSPS) is 9.80.